The van der Waals surface area contributed by atoms with Crippen LogP contribution in [0.5, 0.6) is 5.75 Å². The van der Waals surface area contributed by atoms with Crippen LogP contribution in [0.15, 0.2) is 16.6 Å². The van der Waals surface area contributed by atoms with Crippen LogP contribution in [-0.4, -0.2) is 20.2 Å². The monoisotopic (exact) mass is 350 g/mol. The summed E-state index contributed by atoms with van der Waals surface area (Å²) >= 11 is 6.80. The van der Waals surface area contributed by atoms with Crippen LogP contribution in [0.1, 0.15) is 11.1 Å². The third-order valence-electron chi connectivity index (χ3n) is 2.10. The molecule has 0 saturated heterocycles. The van der Waals surface area contributed by atoms with Gasteiger partial charge in [0.25, 0.3) is 0 Å². The SMILES string of the molecule is COC(=O)Cc1cc(Br)c(OC)c(CBr)c1. The zero-order valence-corrected chi connectivity index (χ0v) is 12.2. The van der Waals surface area contributed by atoms with E-state index in [-0.39, 0.29) is 12.4 Å². The highest BCUT2D eigenvalue weighted by molar-refractivity contribution is 9.10. The fourth-order valence-corrected chi connectivity index (χ4v) is 2.51. The molecule has 0 bridgehead atoms. The molecular weight excluding hydrogens is 340 g/mol. The van der Waals surface area contributed by atoms with Gasteiger partial charge >= 0.3 is 5.97 Å². The van der Waals surface area contributed by atoms with Crippen LogP contribution in [-0.2, 0) is 21.3 Å². The van der Waals surface area contributed by atoms with Crippen molar-refractivity contribution in [3.05, 3.63) is 27.7 Å². The molecule has 0 atom stereocenters. The number of methoxy groups -OCH3 is 2. The molecule has 16 heavy (non-hydrogen) atoms. The Labute approximate surface area is 111 Å². The third kappa shape index (κ3) is 3.22. The van der Waals surface area contributed by atoms with Gasteiger partial charge in [-0.25, -0.2) is 0 Å². The molecule has 5 heteroatoms. The van der Waals surface area contributed by atoms with Gasteiger partial charge in [0.05, 0.1) is 25.1 Å². The summed E-state index contributed by atoms with van der Waals surface area (Å²) in [6, 6.07) is 3.79. The number of alkyl halides is 1. The first-order chi connectivity index (χ1) is 7.62. The average molecular weight is 352 g/mol. The maximum atomic E-state index is 11.2. The molecule has 0 aromatic heterocycles. The Morgan fingerprint density at radius 3 is 2.56 bits per heavy atom. The maximum absolute atomic E-state index is 11.2. The van der Waals surface area contributed by atoms with Gasteiger partial charge < -0.3 is 9.47 Å². The Balaban J connectivity index is 3.05. The second kappa shape index (κ2) is 6.25. The van der Waals surface area contributed by atoms with Crippen LogP contribution in [0.3, 0.4) is 0 Å². The Morgan fingerprint density at radius 1 is 1.38 bits per heavy atom. The molecule has 0 amide bonds. The summed E-state index contributed by atoms with van der Waals surface area (Å²) < 4.78 is 10.7. The topological polar surface area (TPSA) is 35.5 Å². The van der Waals surface area contributed by atoms with E-state index in [4.69, 9.17) is 4.74 Å². The van der Waals surface area contributed by atoms with Crippen LogP contribution in [0.2, 0.25) is 0 Å². The van der Waals surface area contributed by atoms with Crippen molar-refractivity contribution in [2.24, 2.45) is 0 Å². The first-order valence-electron chi connectivity index (χ1n) is 4.60. The number of carbonyl (C=O) groups excluding carboxylic acids is 1. The van der Waals surface area contributed by atoms with Crippen molar-refractivity contribution in [2.45, 2.75) is 11.8 Å². The molecule has 0 radical (unpaired) electrons. The number of rotatable bonds is 4. The molecule has 0 spiro atoms. The minimum Gasteiger partial charge on any atom is -0.495 e. The molecule has 1 aromatic rings. The number of hydrogen-bond acceptors (Lipinski definition) is 3. The first kappa shape index (κ1) is 13.5. The molecule has 0 saturated carbocycles. The fourth-order valence-electron chi connectivity index (χ4n) is 1.38. The van der Waals surface area contributed by atoms with Crippen molar-refractivity contribution in [3.8, 4) is 5.75 Å². The van der Waals surface area contributed by atoms with Crippen LogP contribution < -0.4 is 4.74 Å². The summed E-state index contributed by atoms with van der Waals surface area (Å²) in [6.07, 6.45) is 0.263. The van der Waals surface area contributed by atoms with E-state index in [1.165, 1.54) is 7.11 Å². The van der Waals surface area contributed by atoms with Gasteiger partial charge in [0.15, 0.2) is 0 Å². The summed E-state index contributed by atoms with van der Waals surface area (Å²) in [5, 5.41) is 0.670. The summed E-state index contributed by atoms with van der Waals surface area (Å²) in [6.45, 7) is 0. The summed E-state index contributed by atoms with van der Waals surface area (Å²) in [5.41, 5.74) is 1.89. The van der Waals surface area contributed by atoms with E-state index in [0.29, 0.717) is 5.33 Å². The van der Waals surface area contributed by atoms with E-state index in [0.717, 1.165) is 21.3 Å². The quantitative estimate of drug-likeness (QED) is 0.617. The highest BCUT2D eigenvalue weighted by Crippen LogP contribution is 2.32. The van der Waals surface area contributed by atoms with E-state index in [1.54, 1.807) is 7.11 Å². The molecule has 0 heterocycles. The fraction of sp³-hybridized carbons (Fsp3) is 0.364. The molecule has 0 fully saturated rings. The summed E-state index contributed by atoms with van der Waals surface area (Å²) in [4.78, 5) is 11.2. The minimum atomic E-state index is -0.252. The van der Waals surface area contributed by atoms with E-state index in [2.05, 4.69) is 36.6 Å². The van der Waals surface area contributed by atoms with E-state index >= 15 is 0 Å². The lowest BCUT2D eigenvalue weighted by atomic mass is 10.1. The second-order valence-corrected chi connectivity index (χ2v) is 4.57. The molecule has 0 aliphatic carbocycles. The highest BCUT2D eigenvalue weighted by atomic mass is 79.9. The lowest BCUT2D eigenvalue weighted by Crippen LogP contribution is -2.05. The van der Waals surface area contributed by atoms with Gasteiger partial charge in [0, 0.05) is 10.9 Å². The molecule has 0 aliphatic heterocycles. The predicted octanol–water partition coefficient (Wildman–Crippen LogP) is 3.07. The Hall–Kier alpha value is -0.550. The standard InChI is InChI=1S/C11H12Br2O3/c1-15-10(14)5-7-3-8(6-12)11(16-2)9(13)4-7/h3-4H,5-6H2,1-2H3. The van der Waals surface area contributed by atoms with E-state index in [9.17, 15) is 4.79 Å². The van der Waals surface area contributed by atoms with Gasteiger partial charge in [-0.2, -0.15) is 0 Å². The molecule has 3 nitrogen and oxygen atoms in total. The van der Waals surface area contributed by atoms with Crippen LogP contribution in [0.25, 0.3) is 0 Å². The highest BCUT2D eigenvalue weighted by Gasteiger charge is 2.11. The summed E-state index contributed by atoms with van der Waals surface area (Å²) in [7, 11) is 3.00. The van der Waals surface area contributed by atoms with Gasteiger partial charge in [0.1, 0.15) is 5.75 Å². The molecule has 0 N–H and O–H groups in total. The molecule has 1 aromatic carbocycles. The number of halogens is 2. The van der Waals surface area contributed by atoms with Crippen molar-refractivity contribution in [1.82, 2.24) is 0 Å². The van der Waals surface area contributed by atoms with Crippen molar-refractivity contribution in [2.75, 3.05) is 14.2 Å². The minimum absolute atomic E-state index is 0.252. The van der Waals surface area contributed by atoms with E-state index in [1.807, 2.05) is 12.1 Å². The van der Waals surface area contributed by atoms with Gasteiger partial charge in [-0.05, 0) is 27.6 Å². The Kier molecular flexibility index (Phi) is 5.28. The van der Waals surface area contributed by atoms with Crippen LogP contribution >= 0.6 is 31.9 Å². The molecule has 0 unspecified atom stereocenters. The van der Waals surface area contributed by atoms with Crippen LogP contribution in [0, 0.1) is 0 Å². The van der Waals surface area contributed by atoms with Crippen molar-refractivity contribution < 1.29 is 14.3 Å². The predicted molar refractivity (Wildman–Crippen MR) is 69.0 cm³/mol. The lowest BCUT2D eigenvalue weighted by molar-refractivity contribution is -0.139. The zero-order valence-electron chi connectivity index (χ0n) is 9.05. The smallest absolute Gasteiger partial charge is 0.309 e. The lowest BCUT2D eigenvalue weighted by Gasteiger charge is -2.10. The third-order valence-corrected chi connectivity index (χ3v) is 3.30. The Bertz CT molecular complexity index is 391. The van der Waals surface area contributed by atoms with Gasteiger partial charge in [-0.3, -0.25) is 4.79 Å². The molecule has 0 aliphatic rings. The largest absolute Gasteiger partial charge is 0.495 e. The zero-order chi connectivity index (χ0) is 12.1. The second-order valence-electron chi connectivity index (χ2n) is 3.16. The number of esters is 1. The number of benzene rings is 1. The van der Waals surface area contributed by atoms with Crippen LogP contribution in [0.4, 0.5) is 0 Å². The summed E-state index contributed by atoms with van der Waals surface area (Å²) in [5.74, 6) is 0.531. The molecular formula is C11H12Br2O3. The van der Waals surface area contributed by atoms with Gasteiger partial charge in [-0.1, -0.05) is 22.0 Å². The normalized spacial score (nSPS) is 10.0. The number of ether oxygens (including phenoxy) is 2. The Morgan fingerprint density at radius 2 is 2.06 bits per heavy atom. The first-order valence-corrected chi connectivity index (χ1v) is 6.51. The van der Waals surface area contributed by atoms with Crippen molar-refractivity contribution in [1.29, 1.82) is 0 Å². The molecule has 1 rings (SSSR count). The van der Waals surface area contributed by atoms with E-state index < -0.39 is 0 Å². The number of carbonyl (C=O) groups is 1. The maximum Gasteiger partial charge on any atom is 0.309 e. The van der Waals surface area contributed by atoms with Crippen molar-refractivity contribution in [3.63, 3.8) is 0 Å². The molecule has 88 valence electrons. The average Bonchev–Trinajstić information content (AvgIpc) is 2.28. The van der Waals surface area contributed by atoms with Gasteiger partial charge in [-0.15, -0.1) is 0 Å². The number of hydrogen-bond donors (Lipinski definition) is 0. The van der Waals surface area contributed by atoms with Crippen molar-refractivity contribution >= 4 is 37.8 Å². The van der Waals surface area contributed by atoms with Gasteiger partial charge in [0.2, 0.25) is 0 Å².